The number of rotatable bonds is 2. The van der Waals surface area contributed by atoms with Crippen LogP contribution < -0.4 is 5.32 Å². The average Bonchev–Trinajstić information content (AvgIpc) is 3.03. The Balaban J connectivity index is 2.04. The van der Waals surface area contributed by atoms with Crippen molar-refractivity contribution in [1.82, 2.24) is 14.9 Å². The average molecular weight is 361 g/mol. The van der Waals surface area contributed by atoms with Gasteiger partial charge in [0.25, 0.3) is 5.91 Å². The number of imidazole rings is 1. The Morgan fingerprint density at radius 3 is 2.41 bits per heavy atom. The summed E-state index contributed by atoms with van der Waals surface area (Å²) >= 11 is 0. The number of amides is 1. The lowest BCUT2D eigenvalue weighted by Crippen LogP contribution is -2.50. The molecule has 0 saturated heterocycles. The van der Waals surface area contributed by atoms with Crippen LogP contribution in [0.4, 0.5) is 0 Å². The Morgan fingerprint density at radius 2 is 1.74 bits per heavy atom. The molecule has 0 radical (unpaired) electrons. The number of benzene rings is 2. The first-order valence-corrected chi connectivity index (χ1v) is 8.73. The van der Waals surface area contributed by atoms with Gasteiger partial charge in [-0.3, -0.25) is 14.2 Å². The van der Waals surface area contributed by atoms with Gasteiger partial charge in [-0.15, -0.1) is 0 Å². The maximum atomic E-state index is 13.4. The molecule has 2 atom stereocenters. The molecule has 2 unspecified atom stereocenters. The summed E-state index contributed by atoms with van der Waals surface area (Å²) < 4.78 is 1.49. The molecule has 3 aromatic rings. The topological polar surface area (TPSA) is 84.2 Å². The fourth-order valence-electron chi connectivity index (χ4n) is 3.79. The van der Waals surface area contributed by atoms with Gasteiger partial charge in [-0.25, -0.2) is 4.98 Å². The number of carbonyl (C=O) groups excluding carboxylic acids is 2. The molecule has 27 heavy (non-hydrogen) atoms. The van der Waals surface area contributed by atoms with E-state index in [4.69, 9.17) is 0 Å². The van der Waals surface area contributed by atoms with Crippen molar-refractivity contribution in [3.63, 3.8) is 0 Å². The van der Waals surface area contributed by atoms with Crippen LogP contribution in [0.3, 0.4) is 0 Å². The molecule has 0 spiro atoms. The number of allylic oxidation sites excluding steroid dienone is 1. The van der Waals surface area contributed by atoms with E-state index < -0.39 is 12.0 Å². The molecule has 0 fully saturated rings. The van der Waals surface area contributed by atoms with Crippen molar-refractivity contribution >= 4 is 28.4 Å². The Labute approximate surface area is 156 Å². The molecule has 4 rings (SSSR count). The van der Waals surface area contributed by atoms with Gasteiger partial charge in [-0.2, -0.15) is 0 Å². The molecule has 0 aliphatic carbocycles. The van der Waals surface area contributed by atoms with Gasteiger partial charge in [0.05, 0.1) is 16.8 Å². The molecule has 2 aromatic carbocycles. The van der Waals surface area contributed by atoms with E-state index in [-0.39, 0.29) is 17.6 Å². The van der Waals surface area contributed by atoms with E-state index in [1.807, 2.05) is 54.6 Å². The van der Waals surface area contributed by atoms with Gasteiger partial charge in [0.15, 0.2) is 0 Å². The summed E-state index contributed by atoms with van der Waals surface area (Å²) in [4.78, 5) is 29.8. The predicted octanol–water partition coefficient (Wildman–Crippen LogP) is 3.27. The van der Waals surface area contributed by atoms with Gasteiger partial charge in [0.2, 0.25) is 5.91 Å². The molecular formula is C21H19N3O3. The van der Waals surface area contributed by atoms with E-state index in [1.54, 1.807) is 6.92 Å². The van der Waals surface area contributed by atoms with Gasteiger partial charge < -0.3 is 10.4 Å². The molecule has 6 nitrogen and oxygen atoms in total. The SMILES string of the molecule is CC(=O)NC1C(=O)n2c(nc3ccccc32)/C(=C(\C)O)C1c1ccccc1. The van der Waals surface area contributed by atoms with Crippen molar-refractivity contribution in [2.75, 3.05) is 0 Å². The van der Waals surface area contributed by atoms with Crippen LogP contribution >= 0.6 is 0 Å². The smallest absolute Gasteiger partial charge is 0.256 e. The lowest BCUT2D eigenvalue weighted by molar-refractivity contribution is -0.119. The van der Waals surface area contributed by atoms with Crippen LogP contribution in [-0.4, -0.2) is 32.5 Å². The van der Waals surface area contributed by atoms with E-state index in [9.17, 15) is 14.7 Å². The summed E-state index contributed by atoms with van der Waals surface area (Å²) in [6.07, 6.45) is 0. The van der Waals surface area contributed by atoms with Crippen molar-refractivity contribution in [1.29, 1.82) is 0 Å². The molecule has 2 heterocycles. The van der Waals surface area contributed by atoms with Crippen LogP contribution in [0.1, 0.15) is 35.9 Å². The van der Waals surface area contributed by atoms with Crippen molar-refractivity contribution in [2.24, 2.45) is 0 Å². The van der Waals surface area contributed by atoms with E-state index in [2.05, 4.69) is 10.3 Å². The van der Waals surface area contributed by atoms with Gasteiger partial charge >= 0.3 is 0 Å². The monoisotopic (exact) mass is 361 g/mol. The van der Waals surface area contributed by atoms with E-state index >= 15 is 0 Å². The van der Waals surface area contributed by atoms with Gasteiger partial charge in [-0.1, -0.05) is 42.5 Å². The molecule has 6 heteroatoms. The quantitative estimate of drug-likeness (QED) is 0.686. The van der Waals surface area contributed by atoms with Crippen LogP contribution in [-0.2, 0) is 4.79 Å². The Hall–Kier alpha value is -3.41. The van der Waals surface area contributed by atoms with Crippen LogP contribution in [0, 0.1) is 0 Å². The normalized spacial score (nSPS) is 21.0. The number of nitrogens with zero attached hydrogens (tertiary/aromatic N) is 2. The second-order valence-electron chi connectivity index (χ2n) is 6.66. The zero-order valence-electron chi connectivity index (χ0n) is 15.0. The number of aromatic nitrogens is 2. The molecule has 0 saturated carbocycles. The van der Waals surface area contributed by atoms with Crippen molar-refractivity contribution in [2.45, 2.75) is 25.8 Å². The first-order valence-electron chi connectivity index (χ1n) is 8.73. The molecule has 2 N–H and O–H groups in total. The highest BCUT2D eigenvalue weighted by Crippen LogP contribution is 2.41. The molecule has 1 aromatic heterocycles. The largest absolute Gasteiger partial charge is 0.512 e. The molecule has 1 aliphatic rings. The van der Waals surface area contributed by atoms with E-state index in [1.165, 1.54) is 11.5 Å². The first kappa shape index (κ1) is 17.0. The third-order valence-corrected chi connectivity index (χ3v) is 4.84. The molecule has 1 aliphatic heterocycles. The summed E-state index contributed by atoms with van der Waals surface area (Å²) in [5, 5.41) is 13.3. The van der Waals surface area contributed by atoms with Crippen molar-refractivity contribution < 1.29 is 14.7 Å². The fraction of sp³-hybridized carbons (Fsp3) is 0.190. The Bertz CT molecular complexity index is 1080. The summed E-state index contributed by atoms with van der Waals surface area (Å²) in [5.74, 6) is -0.623. The summed E-state index contributed by atoms with van der Waals surface area (Å²) in [6.45, 7) is 2.96. The summed E-state index contributed by atoms with van der Waals surface area (Å²) in [6, 6.07) is 15.8. The third kappa shape index (κ3) is 2.70. The van der Waals surface area contributed by atoms with E-state index in [0.717, 1.165) is 5.56 Å². The second-order valence-corrected chi connectivity index (χ2v) is 6.66. The number of aliphatic hydroxyl groups is 1. The number of para-hydroxylation sites is 2. The van der Waals surface area contributed by atoms with E-state index in [0.29, 0.717) is 22.4 Å². The number of carbonyl (C=O) groups is 2. The number of hydrogen-bond acceptors (Lipinski definition) is 4. The lowest BCUT2D eigenvalue weighted by Gasteiger charge is -2.34. The number of fused-ring (bicyclic) bond motifs is 3. The van der Waals surface area contributed by atoms with Crippen LogP contribution in [0.25, 0.3) is 16.6 Å². The molecule has 136 valence electrons. The minimum Gasteiger partial charge on any atom is -0.512 e. The highest BCUT2D eigenvalue weighted by Gasteiger charge is 2.43. The zero-order chi connectivity index (χ0) is 19.1. The summed E-state index contributed by atoms with van der Waals surface area (Å²) in [7, 11) is 0. The molecular weight excluding hydrogens is 342 g/mol. The highest BCUT2D eigenvalue weighted by molar-refractivity contribution is 6.03. The minimum absolute atomic E-state index is 0.0725. The van der Waals surface area contributed by atoms with Crippen LogP contribution in [0.5, 0.6) is 0 Å². The van der Waals surface area contributed by atoms with Gasteiger partial charge in [-0.05, 0) is 24.6 Å². The maximum absolute atomic E-state index is 13.4. The summed E-state index contributed by atoms with van der Waals surface area (Å²) in [5.41, 5.74) is 2.68. The van der Waals surface area contributed by atoms with Crippen LogP contribution in [0.2, 0.25) is 0 Å². The lowest BCUT2D eigenvalue weighted by atomic mass is 9.80. The zero-order valence-corrected chi connectivity index (χ0v) is 15.0. The van der Waals surface area contributed by atoms with Crippen molar-refractivity contribution in [3.05, 3.63) is 71.7 Å². The third-order valence-electron chi connectivity index (χ3n) is 4.84. The Kier molecular flexibility index (Phi) is 4.03. The Morgan fingerprint density at radius 1 is 1.07 bits per heavy atom. The highest BCUT2D eigenvalue weighted by atomic mass is 16.3. The van der Waals surface area contributed by atoms with Crippen molar-refractivity contribution in [3.8, 4) is 0 Å². The first-order chi connectivity index (χ1) is 13.0. The number of hydrogen-bond donors (Lipinski definition) is 2. The number of aliphatic hydroxyl groups excluding tert-OH is 1. The molecule has 1 amide bonds. The standard InChI is InChI=1S/C21H19N3O3/c1-12(25)17-18(14-8-4-3-5-9-14)19(22-13(2)26)21(27)24-16-11-7-6-10-15(16)23-20(17)24/h3-11,18-19,25H,1-2H3,(H,22,26)/b17-12+. The second kappa shape index (κ2) is 6.39. The predicted molar refractivity (Wildman–Crippen MR) is 102 cm³/mol. The fourth-order valence-corrected chi connectivity index (χ4v) is 3.79. The van der Waals surface area contributed by atoms with Gasteiger partial charge in [0, 0.05) is 18.4 Å². The van der Waals surface area contributed by atoms with Gasteiger partial charge in [0.1, 0.15) is 11.9 Å². The number of nitrogens with one attached hydrogen (secondary N) is 1. The minimum atomic E-state index is -0.841. The van der Waals surface area contributed by atoms with Crippen LogP contribution in [0.15, 0.2) is 60.4 Å². The molecule has 0 bridgehead atoms. The maximum Gasteiger partial charge on any atom is 0.256 e.